The fraction of sp³-hybridized carbons (Fsp3) is 0.429. The zero-order chi connectivity index (χ0) is 22.1. The summed E-state index contributed by atoms with van der Waals surface area (Å²) >= 11 is 0. The van der Waals surface area contributed by atoms with E-state index in [1.54, 1.807) is 4.90 Å². The van der Waals surface area contributed by atoms with Crippen molar-refractivity contribution >= 4 is 17.3 Å². The predicted molar refractivity (Wildman–Crippen MR) is 108 cm³/mol. The molecule has 0 radical (unpaired) electrons. The molecule has 1 saturated heterocycles. The minimum absolute atomic E-state index is 0.00669. The molecule has 31 heavy (non-hydrogen) atoms. The number of halogens is 2. The Morgan fingerprint density at radius 2 is 1.87 bits per heavy atom. The number of imidazole rings is 1. The Bertz CT molecular complexity index is 1110. The Labute approximate surface area is 177 Å². The maximum absolute atomic E-state index is 14.4. The van der Waals surface area contributed by atoms with E-state index in [-0.39, 0.29) is 35.4 Å². The molecule has 4 rings (SSSR count). The summed E-state index contributed by atoms with van der Waals surface area (Å²) in [5.41, 5.74) is 0.884. The van der Waals surface area contributed by atoms with E-state index in [4.69, 9.17) is 9.47 Å². The second-order valence-electron chi connectivity index (χ2n) is 7.76. The largest absolute Gasteiger partial charge is 0.473 e. The number of hydrogen-bond donors (Lipinski definition) is 0. The van der Waals surface area contributed by atoms with Crippen LogP contribution >= 0.6 is 0 Å². The number of carbonyl (C=O) groups is 1. The number of fused-ring (bicyclic) bond motifs is 1. The Balaban J connectivity index is 1.52. The van der Waals surface area contributed by atoms with Crippen LogP contribution in [0.2, 0.25) is 0 Å². The molecule has 0 spiro atoms. The first-order valence-corrected chi connectivity index (χ1v) is 10.1. The highest BCUT2D eigenvalue weighted by Gasteiger charge is 2.27. The van der Waals surface area contributed by atoms with Gasteiger partial charge in [0.1, 0.15) is 30.4 Å². The van der Waals surface area contributed by atoms with Gasteiger partial charge >= 0.3 is 6.09 Å². The van der Waals surface area contributed by atoms with Crippen molar-refractivity contribution in [3.05, 3.63) is 42.0 Å². The Morgan fingerprint density at radius 1 is 1.13 bits per heavy atom. The molecular formula is C21H23F2N5O3. The third-order valence-corrected chi connectivity index (χ3v) is 5.10. The van der Waals surface area contributed by atoms with E-state index in [0.29, 0.717) is 37.1 Å². The van der Waals surface area contributed by atoms with Crippen LogP contribution in [0.4, 0.5) is 13.6 Å². The molecule has 1 aliphatic rings. The number of rotatable bonds is 4. The molecular weight excluding hydrogens is 408 g/mol. The van der Waals surface area contributed by atoms with Gasteiger partial charge in [0.15, 0.2) is 11.2 Å². The molecule has 1 aromatic carbocycles. The van der Waals surface area contributed by atoms with E-state index in [1.165, 1.54) is 24.1 Å². The number of carbonyl (C=O) groups excluding carboxylic acids is 1. The van der Waals surface area contributed by atoms with Gasteiger partial charge in [0, 0.05) is 32.0 Å². The van der Waals surface area contributed by atoms with Gasteiger partial charge in [0.2, 0.25) is 5.88 Å². The standard InChI is InChI=1S/C21H23F2N5O3/c1-12(2)30-21(29)27-6-4-14(5-7-27)31-20-18-19(24-10-25-20)28(11-26-18)17-9-15(22)13(3)8-16(17)23/h8-12,14H,4-7H2,1-3H3. The lowest BCUT2D eigenvalue weighted by atomic mass is 10.1. The normalized spacial score (nSPS) is 15.0. The lowest BCUT2D eigenvalue weighted by Crippen LogP contribution is -2.42. The Kier molecular flexibility index (Phi) is 5.71. The summed E-state index contributed by atoms with van der Waals surface area (Å²) in [7, 11) is 0. The zero-order valence-corrected chi connectivity index (χ0v) is 17.5. The van der Waals surface area contributed by atoms with Crippen LogP contribution < -0.4 is 4.74 Å². The van der Waals surface area contributed by atoms with Gasteiger partial charge in [-0.1, -0.05) is 0 Å². The topological polar surface area (TPSA) is 82.4 Å². The van der Waals surface area contributed by atoms with Crippen molar-refractivity contribution in [1.82, 2.24) is 24.4 Å². The van der Waals surface area contributed by atoms with Crippen LogP contribution in [0.3, 0.4) is 0 Å². The van der Waals surface area contributed by atoms with Gasteiger partial charge in [-0.05, 0) is 32.4 Å². The summed E-state index contributed by atoms with van der Waals surface area (Å²) in [6, 6.07) is 2.24. The summed E-state index contributed by atoms with van der Waals surface area (Å²) in [4.78, 5) is 26.3. The van der Waals surface area contributed by atoms with Crippen LogP contribution in [0, 0.1) is 18.6 Å². The minimum atomic E-state index is -0.583. The van der Waals surface area contributed by atoms with Gasteiger partial charge in [-0.2, -0.15) is 4.98 Å². The SMILES string of the molecule is Cc1cc(F)c(-n2cnc3c(OC4CCN(C(=O)OC(C)C)CC4)ncnc32)cc1F. The van der Waals surface area contributed by atoms with Crippen LogP contribution in [-0.2, 0) is 4.74 Å². The maximum Gasteiger partial charge on any atom is 0.410 e. The van der Waals surface area contributed by atoms with Crippen molar-refractivity contribution in [1.29, 1.82) is 0 Å². The molecule has 1 fully saturated rings. The zero-order valence-electron chi connectivity index (χ0n) is 17.5. The fourth-order valence-electron chi connectivity index (χ4n) is 3.49. The van der Waals surface area contributed by atoms with E-state index in [0.717, 1.165) is 12.1 Å². The molecule has 0 atom stereocenters. The lowest BCUT2D eigenvalue weighted by molar-refractivity contribution is 0.0510. The number of ether oxygens (including phenoxy) is 2. The molecule has 1 aliphatic heterocycles. The van der Waals surface area contributed by atoms with Gasteiger partial charge in [0.05, 0.1) is 11.8 Å². The fourth-order valence-corrected chi connectivity index (χ4v) is 3.49. The number of likely N-dealkylation sites (tertiary alicyclic amines) is 1. The number of amides is 1. The molecule has 0 bridgehead atoms. The van der Waals surface area contributed by atoms with E-state index >= 15 is 0 Å². The van der Waals surface area contributed by atoms with Crippen molar-refractivity contribution in [2.75, 3.05) is 13.1 Å². The first-order chi connectivity index (χ1) is 14.8. The molecule has 0 aliphatic carbocycles. The Hall–Kier alpha value is -3.30. The highest BCUT2D eigenvalue weighted by atomic mass is 19.1. The first-order valence-electron chi connectivity index (χ1n) is 10.1. The van der Waals surface area contributed by atoms with Crippen molar-refractivity contribution in [3.8, 4) is 11.6 Å². The lowest BCUT2D eigenvalue weighted by Gasteiger charge is -2.31. The smallest absolute Gasteiger partial charge is 0.410 e. The van der Waals surface area contributed by atoms with E-state index < -0.39 is 11.6 Å². The third-order valence-electron chi connectivity index (χ3n) is 5.10. The van der Waals surface area contributed by atoms with Crippen molar-refractivity contribution in [3.63, 3.8) is 0 Å². The van der Waals surface area contributed by atoms with Gasteiger partial charge in [0.25, 0.3) is 0 Å². The number of nitrogens with zero attached hydrogens (tertiary/aromatic N) is 5. The van der Waals surface area contributed by atoms with E-state index in [1.807, 2.05) is 13.8 Å². The molecule has 3 aromatic rings. The number of hydrogen-bond acceptors (Lipinski definition) is 6. The molecule has 0 N–H and O–H groups in total. The summed E-state index contributed by atoms with van der Waals surface area (Å²) in [6.45, 7) is 6.13. The molecule has 1 amide bonds. The molecule has 0 unspecified atom stereocenters. The molecule has 0 saturated carbocycles. The van der Waals surface area contributed by atoms with Gasteiger partial charge < -0.3 is 14.4 Å². The van der Waals surface area contributed by atoms with Crippen LogP contribution in [0.5, 0.6) is 5.88 Å². The second kappa shape index (κ2) is 8.44. The second-order valence-corrected chi connectivity index (χ2v) is 7.76. The van der Waals surface area contributed by atoms with Crippen LogP contribution in [0.15, 0.2) is 24.8 Å². The third kappa shape index (κ3) is 4.28. The summed E-state index contributed by atoms with van der Waals surface area (Å²) in [6.07, 6.45) is 3.22. The molecule has 10 heteroatoms. The number of benzene rings is 1. The number of aromatic nitrogens is 4. The van der Waals surface area contributed by atoms with E-state index in [2.05, 4.69) is 15.0 Å². The summed E-state index contributed by atoms with van der Waals surface area (Å²) in [5, 5.41) is 0. The molecule has 2 aromatic heterocycles. The molecule has 8 nitrogen and oxygen atoms in total. The van der Waals surface area contributed by atoms with Crippen molar-refractivity contribution in [2.45, 2.75) is 45.8 Å². The number of aryl methyl sites for hydroxylation is 1. The van der Waals surface area contributed by atoms with E-state index in [9.17, 15) is 13.6 Å². The monoisotopic (exact) mass is 431 g/mol. The quantitative estimate of drug-likeness (QED) is 0.625. The number of piperidine rings is 1. The summed E-state index contributed by atoms with van der Waals surface area (Å²) in [5.74, 6) is -0.841. The van der Waals surface area contributed by atoms with Crippen LogP contribution in [0.25, 0.3) is 16.9 Å². The van der Waals surface area contributed by atoms with Gasteiger partial charge in [-0.25, -0.2) is 23.5 Å². The highest BCUT2D eigenvalue weighted by molar-refractivity contribution is 5.77. The van der Waals surface area contributed by atoms with Crippen molar-refractivity contribution in [2.24, 2.45) is 0 Å². The van der Waals surface area contributed by atoms with Crippen molar-refractivity contribution < 1.29 is 23.0 Å². The van der Waals surface area contributed by atoms with Crippen LogP contribution in [0.1, 0.15) is 32.3 Å². The minimum Gasteiger partial charge on any atom is -0.473 e. The summed E-state index contributed by atoms with van der Waals surface area (Å²) < 4.78 is 41.1. The molecule has 164 valence electrons. The van der Waals surface area contributed by atoms with Gasteiger partial charge in [-0.15, -0.1) is 0 Å². The molecule has 3 heterocycles. The average Bonchev–Trinajstić information content (AvgIpc) is 3.16. The Morgan fingerprint density at radius 3 is 2.58 bits per heavy atom. The highest BCUT2D eigenvalue weighted by Crippen LogP contribution is 2.27. The first kappa shape index (κ1) is 21.0. The average molecular weight is 431 g/mol. The van der Waals surface area contributed by atoms with Gasteiger partial charge in [-0.3, -0.25) is 4.57 Å². The van der Waals surface area contributed by atoms with Crippen LogP contribution in [-0.4, -0.2) is 55.8 Å². The predicted octanol–water partition coefficient (Wildman–Crippen LogP) is 3.79. The maximum atomic E-state index is 14.4.